The maximum Gasteiger partial charge on any atom is 0.229 e. The highest BCUT2D eigenvalue weighted by atomic mass is 32.1. The van der Waals surface area contributed by atoms with Gasteiger partial charge in [-0.15, -0.1) is 11.3 Å². The molecule has 162 valence electrons. The fraction of sp³-hybridized carbons (Fsp3) is 0.391. The van der Waals surface area contributed by atoms with Crippen molar-refractivity contribution in [2.75, 3.05) is 32.6 Å². The van der Waals surface area contributed by atoms with Crippen molar-refractivity contribution >= 4 is 23.2 Å². The number of hydrogen-bond donors (Lipinski definition) is 0. The molecule has 1 amide bonds. The van der Waals surface area contributed by atoms with Gasteiger partial charge in [0.25, 0.3) is 0 Å². The molecule has 4 rings (SSSR count). The first-order valence-electron chi connectivity index (χ1n) is 10.4. The van der Waals surface area contributed by atoms with Gasteiger partial charge in [0.15, 0.2) is 0 Å². The highest BCUT2D eigenvalue weighted by molar-refractivity contribution is 7.09. The zero-order valence-electron chi connectivity index (χ0n) is 18.3. The number of anilines is 1. The number of methoxy groups -OCH3 is 1. The van der Waals surface area contributed by atoms with E-state index in [2.05, 4.69) is 9.97 Å². The number of thiazole rings is 1. The summed E-state index contributed by atoms with van der Waals surface area (Å²) in [6.45, 7) is 2.69. The molecule has 1 saturated heterocycles. The highest BCUT2D eigenvalue weighted by Crippen LogP contribution is 2.38. The lowest BCUT2D eigenvalue weighted by Gasteiger charge is -2.27. The van der Waals surface area contributed by atoms with Gasteiger partial charge in [0.2, 0.25) is 11.9 Å². The van der Waals surface area contributed by atoms with Crippen LogP contribution in [0, 0.1) is 6.92 Å². The molecule has 31 heavy (non-hydrogen) atoms. The first kappa shape index (κ1) is 21.2. The van der Waals surface area contributed by atoms with Crippen molar-refractivity contribution < 1.29 is 9.53 Å². The van der Waals surface area contributed by atoms with E-state index < -0.39 is 0 Å². The molecule has 3 heterocycles. The normalized spacial score (nSPS) is 15.9. The van der Waals surface area contributed by atoms with Gasteiger partial charge in [-0.3, -0.25) is 4.79 Å². The Kier molecular flexibility index (Phi) is 6.18. The van der Waals surface area contributed by atoms with Gasteiger partial charge >= 0.3 is 0 Å². The molecule has 1 aliphatic heterocycles. The lowest BCUT2D eigenvalue weighted by atomic mass is 9.99. The lowest BCUT2D eigenvalue weighted by Crippen LogP contribution is -2.33. The second-order valence-corrected chi connectivity index (χ2v) is 8.94. The molecule has 0 bridgehead atoms. The van der Waals surface area contributed by atoms with Gasteiger partial charge in [0.1, 0.15) is 5.75 Å². The number of benzene rings is 1. The summed E-state index contributed by atoms with van der Waals surface area (Å²) in [7, 11) is 5.50. The maximum absolute atomic E-state index is 13.2. The van der Waals surface area contributed by atoms with E-state index in [1.165, 1.54) is 0 Å². The van der Waals surface area contributed by atoms with Gasteiger partial charge in [0.05, 0.1) is 36.0 Å². The second-order valence-electron chi connectivity index (χ2n) is 7.88. The number of carbonyl (C=O) groups is 1. The minimum absolute atomic E-state index is 0.0878. The molecular weight excluding hydrogens is 410 g/mol. The number of likely N-dealkylation sites (tertiary alicyclic amines) is 1. The molecule has 0 saturated carbocycles. The number of aromatic nitrogens is 3. The lowest BCUT2D eigenvalue weighted by molar-refractivity contribution is -0.131. The molecule has 0 unspecified atom stereocenters. The van der Waals surface area contributed by atoms with Crippen LogP contribution in [0.4, 0.5) is 5.95 Å². The molecule has 1 aliphatic rings. The molecule has 0 spiro atoms. The standard InChI is InChI=1S/C23H27N5O2S/c1-15-25-17(14-31-15)12-21(29)28-10-6-9-20(28)22-19(13-24-23(26-22)27(2)3)16-7-5-8-18(11-16)30-4/h5,7-8,11,13-14,20H,6,9-10,12H2,1-4H3/t20-/m1/s1. The van der Waals surface area contributed by atoms with E-state index in [1.54, 1.807) is 18.4 Å². The number of ether oxygens (including phenoxy) is 1. The first-order chi connectivity index (χ1) is 15.0. The number of amides is 1. The second kappa shape index (κ2) is 9.01. The Morgan fingerprint density at radius 2 is 2.16 bits per heavy atom. The maximum atomic E-state index is 13.2. The zero-order chi connectivity index (χ0) is 22.0. The first-order valence-corrected chi connectivity index (χ1v) is 11.2. The van der Waals surface area contributed by atoms with Crippen LogP contribution in [0.5, 0.6) is 5.75 Å². The van der Waals surface area contributed by atoms with Crippen molar-refractivity contribution in [1.82, 2.24) is 19.9 Å². The number of nitrogens with zero attached hydrogens (tertiary/aromatic N) is 5. The molecule has 2 aromatic heterocycles. The van der Waals surface area contributed by atoms with Gasteiger partial charge in [0, 0.05) is 37.8 Å². The topological polar surface area (TPSA) is 71.5 Å². The van der Waals surface area contributed by atoms with Crippen molar-refractivity contribution in [3.05, 3.63) is 52.2 Å². The van der Waals surface area contributed by atoms with Crippen molar-refractivity contribution in [2.45, 2.75) is 32.2 Å². The van der Waals surface area contributed by atoms with Gasteiger partial charge in [-0.1, -0.05) is 12.1 Å². The molecule has 1 atom stereocenters. The van der Waals surface area contributed by atoms with E-state index in [9.17, 15) is 4.79 Å². The monoisotopic (exact) mass is 437 g/mol. The molecule has 1 aromatic carbocycles. The van der Waals surface area contributed by atoms with Crippen molar-refractivity contribution in [3.8, 4) is 16.9 Å². The summed E-state index contributed by atoms with van der Waals surface area (Å²) in [5, 5.41) is 2.95. The molecule has 1 fully saturated rings. The van der Waals surface area contributed by atoms with E-state index >= 15 is 0 Å². The van der Waals surface area contributed by atoms with Gasteiger partial charge < -0.3 is 14.5 Å². The van der Waals surface area contributed by atoms with Crippen LogP contribution in [-0.2, 0) is 11.2 Å². The van der Waals surface area contributed by atoms with Crippen molar-refractivity contribution in [2.24, 2.45) is 0 Å². The fourth-order valence-corrected chi connectivity index (χ4v) is 4.58. The predicted octanol–water partition coefficient (Wildman–Crippen LogP) is 3.89. The van der Waals surface area contributed by atoms with Crippen LogP contribution in [0.25, 0.3) is 11.1 Å². The van der Waals surface area contributed by atoms with E-state index in [4.69, 9.17) is 9.72 Å². The summed E-state index contributed by atoms with van der Waals surface area (Å²) >= 11 is 1.57. The summed E-state index contributed by atoms with van der Waals surface area (Å²) < 4.78 is 5.41. The summed E-state index contributed by atoms with van der Waals surface area (Å²) in [4.78, 5) is 30.9. The average Bonchev–Trinajstić information content (AvgIpc) is 3.42. The molecule has 3 aromatic rings. The Hall–Kier alpha value is -3.00. The van der Waals surface area contributed by atoms with E-state index in [0.29, 0.717) is 12.4 Å². The van der Waals surface area contributed by atoms with Gasteiger partial charge in [-0.25, -0.2) is 15.0 Å². The SMILES string of the molecule is COc1cccc(-c2cnc(N(C)C)nc2[C@H]2CCCN2C(=O)Cc2csc(C)n2)c1. The van der Waals surface area contributed by atoms with E-state index in [-0.39, 0.29) is 11.9 Å². The van der Waals surface area contributed by atoms with Crippen molar-refractivity contribution in [3.63, 3.8) is 0 Å². The number of carbonyl (C=O) groups excluding carboxylic acids is 1. The molecule has 0 aliphatic carbocycles. The fourth-order valence-electron chi connectivity index (χ4n) is 3.96. The third-order valence-electron chi connectivity index (χ3n) is 5.47. The Morgan fingerprint density at radius 1 is 1.32 bits per heavy atom. The summed E-state index contributed by atoms with van der Waals surface area (Å²) in [6.07, 6.45) is 4.01. The van der Waals surface area contributed by atoms with Crippen LogP contribution in [-0.4, -0.2) is 53.5 Å². The average molecular weight is 438 g/mol. The molecule has 8 heteroatoms. The molecule has 0 N–H and O–H groups in total. The Bertz CT molecular complexity index is 1080. The quantitative estimate of drug-likeness (QED) is 0.583. The third kappa shape index (κ3) is 4.54. The Labute approximate surface area is 186 Å². The van der Waals surface area contributed by atoms with Crippen LogP contribution in [0.15, 0.2) is 35.8 Å². The minimum Gasteiger partial charge on any atom is -0.497 e. The van der Waals surface area contributed by atoms with Crippen molar-refractivity contribution in [1.29, 1.82) is 0 Å². The summed E-state index contributed by atoms with van der Waals surface area (Å²) in [6, 6.07) is 7.80. The number of aryl methyl sites for hydroxylation is 1. The summed E-state index contributed by atoms with van der Waals surface area (Å²) in [5.41, 5.74) is 3.63. The smallest absolute Gasteiger partial charge is 0.229 e. The van der Waals surface area contributed by atoms with Gasteiger partial charge in [-0.05, 0) is 37.5 Å². The van der Waals surface area contributed by atoms with Crippen LogP contribution < -0.4 is 9.64 Å². The van der Waals surface area contributed by atoms with Crippen LogP contribution in [0.3, 0.4) is 0 Å². The van der Waals surface area contributed by atoms with Crippen LogP contribution >= 0.6 is 11.3 Å². The largest absolute Gasteiger partial charge is 0.497 e. The van der Waals surface area contributed by atoms with Gasteiger partial charge in [-0.2, -0.15) is 0 Å². The number of rotatable bonds is 6. The highest BCUT2D eigenvalue weighted by Gasteiger charge is 2.33. The molecule has 0 radical (unpaired) electrons. The summed E-state index contributed by atoms with van der Waals surface area (Å²) in [5.74, 6) is 1.50. The zero-order valence-corrected chi connectivity index (χ0v) is 19.1. The van der Waals surface area contributed by atoms with E-state index in [1.807, 2.05) is 66.7 Å². The predicted molar refractivity (Wildman–Crippen MR) is 123 cm³/mol. The van der Waals surface area contributed by atoms with E-state index in [0.717, 1.165) is 52.7 Å². The number of hydrogen-bond acceptors (Lipinski definition) is 7. The molecular formula is C23H27N5O2S. The Balaban J connectivity index is 1.71. The molecule has 7 nitrogen and oxygen atoms in total. The minimum atomic E-state index is -0.0878. The van der Waals surface area contributed by atoms with Crippen LogP contribution in [0.1, 0.15) is 35.3 Å². The van der Waals surface area contributed by atoms with Crippen LogP contribution in [0.2, 0.25) is 0 Å². The third-order valence-corrected chi connectivity index (χ3v) is 6.30. The Morgan fingerprint density at radius 3 is 2.87 bits per heavy atom.